The second-order valence-electron chi connectivity index (χ2n) is 7.79. The fourth-order valence-corrected chi connectivity index (χ4v) is 4.47. The number of likely N-dealkylation sites (tertiary alicyclic amines) is 2. The molecule has 152 valence electrons. The van der Waals surface area contributed by atoms with Crippen LogP contribution < -0.4 is 4.74 Å². The number of hydrogen-bond acceptors (Lipinski definition) is 5. The van der Waals surface area contributed by atoms with Gasteiger partial charge in [-0.05, 0) is 29.8 Å². The summed E-state index contributed by atoms with van der Waals surface area (Å²) in [5.74, 6) is 1.07. The summed E-state index contributed by atoms with van der Waals surface area (Å²) in [6.45, 7) is 1.83. The van der Waals surface area contributed by atoms with Crippen LogP contribution in [-0.2, 0) is 0 Å². The molecule has 29 heavy (non-hydrogen) atoms. The minimum Gasteiger partial charge on any atom is -0.497 e. The maximum atomic E-state index is 12.8. The molecule has 8 nitrogen and oxygen atoms in total. The monoisotopic (exact) mass is 395 g/mol. The fraction of sp³-hybridized carbons (Fsp3) is 0.429. The van der Waals surface area contributed by atoms with Crippen molar-refractivity contribution in [3.05, 3.63) is 53.9 Å². The van der Waals surface area contributed by atoms with Crippen LogP contribution in [0.15, 0.2) is 42.6 Å². The van der Waals surface area contributed by atoms with E-state index in [1.54, 1.807) is 44.4 Å². The lowest BCUT2D eigenvalue weighted by molar-refractivity contribution is 0.0759. The van der Waals surface area contributed by atoms with E-state index in [1.165, 1.54) is 0 Å². The van der Waals surface area contributed by atoms with E-state index >= 15 is 0 Å². The Kier molecular flexibility index (Phi) is 5.08. The normalized spacial score (nSPS) is 23.1. The van der Waals surface area contributed by atoms with Crippen molar-refractivity contribution < 1.29 is 14.3 Å². The molecule has 2 saturated heterocycles. The number of urea groups is 1. The molecule has 0 N–H and O–H groups in total. The number of hydrogen-bond donors (Lipinski definition) is 0. The summed E-state index contributed by atoms with van der Waals surface area (Å²) < 4.78 is 5.27. The maximum absolute atomic E-state index is 12.8. The molecular weight excluding hydrogens is 370 g/mol. The molecule has 3 atom stereocenters. The van der Waals surface area contributed by atoms with Crippen LogP contribution >= 0.6 is 0 Å². The third-order valence-corrected chi connectivity index (χ3v) is 5.83. The van der Waals surface area contributed by atoms with E-state index in [9.17, 15) is 9.59 Å². The summed E-state index contributed by atoms with van der Waals surface area (Å²) >= 11 is 0. The third-order valence-electron chi connectivity index (χ3n) is 5.83. The predicted molar refractivity (Wildman–Crippen MR) is 106 cm³/mol. The van der Waals surface area contributed by atoms with E-state index < -0.39 is 0 Å². The average Bonchev–Trinajstić information content (AvgIpc) is 3.31. The van der Waals surface area contributed by atoms with Gasteiger partial charge in [0.1, 0.15) is 5.75 Å². The van der Waals surface area contributed by atoms with Crippen molar-refractivity contribution in [2.45, 2.75) is 6.04 Å². The van der Waals surface area contributed by atoms with Crippen molar-refractivity contribution in [2.75, 3.05) is 40.8 Å². The van der Waals surface area contributed by atoms with E-state index in [4.69, 9.17) is 4.74 Å². The van der Waals surface area contributed by atoms with Gasteiger partial charge < -0.3 is 19.4 Å². The highest BCUT2D eigenvalue weighted by Crippen LogP contribution is 2.45. The SMILES string of the molecule is COc1ccc([C@H]2[C@@H]3CN(C(=O)c4cccnn4)C[C@@H]3CN2C(=O)N(C)C)cc1. The highest BCUT2D eigenvalue weighted by atomic mass is 16.5. The van der Waals surface area contributed by atoms with Crippen LogP contribution in [0.4, 0.5) is 4.79 Å². The molecule has 0 aliphatic carbocycles. The molecule has 0 saturated carbocycles. The molecule has 2 aliphatic rings. The van der Waals surface area contributed by atoms with Crippen molar-refractivity contribution in [1.82, 2.24) is 24.9 Å². The zero-order chi connectivity index (χ0) is 20.5. The molecule has 1 aromatic carbocycles. The number of carbonyl (C=O) groups excluding carboxylic acids is 2. The van der Waals surface area contributed by atoms with E-state index in [0.717, 1.165) is 11.3 Å². The van der Waals surface area contributed by atoms with Crippen molar-refractivity contribution in [3.63, 3.8) is 0 Å². The van der Waals surface area contributed by atoms with Crippen molar-refractivity contribution in [2.24, 2.45) is 11.8 Å². The quantitative estimate of drug-likeness (QED) is 0.793. The first-order chi connectivity index (χ1) is 14.0. The molecule has 8 heteroatoms. The molecule has 2 aliphatic heterocycles. The molecule has 3 heterocycles. The minimum atomic E-state index is -0.105. The third kappa shape index (κ3) is 3.50. The van der Waals surface area contributed by atoms with Gasteiger partial charge >= 0.3 is 6.03 Å². The molecular formula is C21H25N5O3. The van der Waals surface area contributed by atoms with Gasteiger partial charge in [0.05, 0.1) is 13.2 Å². The molecule has 3 amide bonds. The molecule has 0 spiro atoms. The van der Waals surface area contributed by atoms with Gasteiger partial charge in [0.15, 0.2) is 5.69 Å². The molecule has 2 aromatic rings. The van der Waals surface area contributed by atoms with Crippen LogP contribution in [-0.4, -0.2) is 77.7 Å². The summed E-state index contributed by atoms with van der Waals surface area (Å²) in [6.07, 6.45) is 1.56. The zero-order valence-electron chi connectivity index (χ0n) is 16.9. The van der Waals surface area contributed by atoms with Gasteiger partial charge in [-0.3, -0.25) is 4.79 Å². The highest BCUT2D eigenvalue weighted by molar-refractivity contribution is 5.92. The Morgan fingerprint density at radius 3 is 2.48 bits per heavy atom. The molecule has 4 rings (SSSR count). The molecule has 0 unspecified atom stereocenters. The molecule has 0 bridgehead atoms. The summed E-state index contributed by atoms with van der Waals surface area (Å²) in [7, 11) is 5.17. The van der Waals surface area contributed by atoms with Gasteiger partial charge in [-0.2, -0.15) is 5.10 Å². The minimum absolute atomic E-state index is 0.00739. The van der Waals surface area contributed by atoms with E-state index in [2.05, 4.69) is 10.2 Å². The van der Waals surface area contributed by atoms with Gasteiger partial charge in [-0.15, -0.1) is 5.10 Å². The average molecular weight is 395 g/mol. The summed E-state index contributed by atoms with van der Waals surface area (Å²) in [5, 5.41) is 7.77. The molecule has 0 radical (unpaired) electrons. The van der Waals surface area contributed by atoms with Crippen LogP contribution in [0.25, 0.3) is 0 Å². The largest absolute Gasteiger partial charge is 0.497 e. The van der Waals surface area contributed by atoms with Gasteiger partial charge in [0, 0.05) is 51.8 Å². The molecule has 2 fully saturated rings. The smallest absolute Gasteiger partial charge is 0.320 e. The van der Waals surface area contributed by atoms with Crippen molar-refractivity contribution >= 4 is 11.9 Å². The van der Waals surface area contributed by atoms with Crippen LogP contribution in [0.5, 0.6) is 5.75 Å². The topological polar surface area (TPSA) is 78.9 Å². The lowest BCUT2D eigenvalue weighted by atomic mass is 9.89. The van der Waals surface area contributed by atoms with Crippen LogP contribution in [0.2, 0.25) is 0 Å². The number of nitrogens with zero attached hydrogens (tertiary/aromatic N) is 5. The first kappa shape index (κ1) is 19.2. The van der Waals surface area contributed by atoms with Crippen LogP contribution in [0, 0.1) is 11.8 Å². The number of ether oxygens (including phenoxy) is 1. The highest BCUT2D eigenvalue weighted by Gasteiger charge is 2.50. The van der Waals surface area contributed by atoms with Gasteiger partial charge in [0.25, 0.3) is 5.91 Å². The Hall–Kier alpha value is -3.16. The Bertz CT molecular complexity index is 887. The first-order valence-electron chi connectivity index (χ1n) is 9.68. The summed E-state index contributed by atoms with van der Waals surface area (Å²) in [4.78, 5) is 31.1. The van der Waals surface area contributed by atoms with Gasteiger partial charge in [-0.25, -0.2) is 4.79 Å². The fourth-order valence-electron chi connectivity index (χ4n) is 4.47. The lowest BCUT2D eigenvalue weighted by Crippen LogP contribution is -2.42. The van der Waals surface area contributed by atoms with E-state index in [-0.39, 0.29) is 29.8 Å². The van der Waals surface area contributed by atoms with Crippen molar-refractivity contribution in [1.29, 1.82) is 0 Å². The number of carbonyl (C=O) groups is 2. The second-order valence-corrected chi connectivity index (χ2v) is 7.79. The van der Waals surface area contributed by atoms with E-state index in [1.807, 2.05) is 34.1 Å². The number of rotatable bonds is 3. The predicted octanol–water partition coefficient (Wildman–Crippen LogP) is 1.91. The van der Waals surface area contributed by atoms with Crippen LogP contribution in [0.3, 0.4) is 0 Å². The number of aromatic nitrogens is 2. The number of benzene rings is 1. The Labute approximate surface area is 170 Å². The number of fused-ring (bicyclic) bond motifs is 1. The van der Waals surface area contributed by atoms with Crippen molar-refractivity contribution in [3.8, 4) is 5.75 Å². The number of amides is 3. The Morgan fingerprint density at radius 1 is 1.10 bits per heavy atom. The Balaban J connectivity index is 1.60. The van der Waals surface area contributed by atoms with Gasteiger partial charge in [-0.1, -0.05) is 12.1 Å². The van der Waals surface area contributed by atoms with E-state index in [0.29, 0.717) is 25.3 Å². The lowest BCUT2D eigenvalue weighted by Gasteiger charge is -2.31. The number of methoxy groups -OCH3 is 1. The molecule has 1 aromatic heterocycles. The maximum Gasteiger partial charge on any atom is 0.320 e. The Morgan fingerprint density at radius 2 is 1.86 bits per heavy atom. The zero-order valence-corrected chi connectivity index (χ0v) is 16.9. The standard InChI is InChI=1S/C21H25N5O3/c1-24(2)21(28)26-12-15-11-25(20(27)18-5-4-10-22-23-18)13-17(15)19(26)14-6-8-16(29-3)9-7-14/h4-10,15,17,19H,11-13H2,1-3H3/t15-,17-,19+/m1/s1. The first-order valence-corrected chi connectivity index (χ1v) is 9.68. The second kappa shape index (κ2) is 7.69. The summed E-state index contributed by atoms with van der Waals surface area (Å²) in [6, 6.07) is 11.2. The van der Waals surface area contributed by atoms with Gasteiger partial charge in [0.2, 0.25) is 0 Å². The summed E-state index contributed by atoms with van der Waals surface area (Å²) in [5.41, 5.74) is 1.41. The van der Waals surface area contributed by atoms with Crippen LogP contribution in [0.1, 0.15) is 22.1 Å².